The highest BCUT2D eigenvalue weighted by molar-refractivity contribution is 5.31. The minimum atomic E-state index is -0.642. The van der Waals surface area contributed by atoms with Gasteiger partial charge in [0.2, 0.25) is 11.8 Å². The summed E-state index contributed by atoms with van der Waals surface area (Å²) >= 11 is 0. The molecular formula is C15H25N3O2. The number of ether oxygens (including phenoxy) is 1. The van der Waals surface area contributed by atoms with E-state index in [2.05, 4.69) is 22.2 Å². The van der Waals surface area contributed by atoms with Crippen molar-refractivity contribution in [1.82, 2.24) is 9.97 Å². The zero-order valence-corrected chi connectivity index (χ0v) is 12.6. The Labute approximate surface area is 120 Å². The molecule has 1 aromatic rings. The van der Waals surface area contributed by atoms with Gasteiger partial charge in [0, 0.05) is 18.3 Å². The zero-order valence-electron chi connectivity index (χ0n) is 12.6. The van der Waals surface area contributed by atoms with E-state index in [9.17, 15) is 5.11 Å². The van der Waals surface area contributed by atoms with Gasteiger partial charge in [0.15, 0.2) is 0 Å². The molecule has 0 aromatic carbocycles. The van der Waals surface area contributed by atoms with Crippen LogP contribution in [0.5, 0.6) is 5.88 Å². The molecule has 1 saturated carbocycles. The molecule has 0 aliphatic heterocycles. The third-order valence-electron chi connectivity index (χ3n) is 3.77. The SMILES string of the molecule is CCOc1cc(C)nc(NCC2(O)CCCC(C)C2)n1. The number of rotatable bonds is 5. The largest absolute Gasteiger partial charge is 0.478 e. The molecule has 0 spiro atoms. The van der Waals surface area contributed by atoms with Gasteiger partial charge in [-0.05, 0) is 32.6 Å². The Kier molecular flexibility index (Phi) is 4.81. The minimum absolute atomic E-state index is 0.492. The van der Waals surface area contributed by atoms with Crippen LogP contribution in [0.25, 0.3) is 0 Å². The topological polar surface area (TPSA) is 67.3 Å². The number of anilines is 1. The van der Waals surface area contributed by atoms with Crippen molar-refractivity contribution in [2.24, 2.45) is 5.92 Å². The lowest BCUT2D eigenvalue weighted by Crippen LogP contribution is -2.41. The first-order valence-electron chi connectivity index (χ1n) is 7.45. The van der Waals surface area contributed by atoms with E-state index in [1.807, 2.05) is 19.9 Å². The molecule has 0 saturated heterocycles. The van der Waals surface area contributed by atoms with E-state index in [0.29, 0.717) is 30.9 Å². The fraction of sp³-hybridized carbons (Fsp3) is 0.733. The van der Waals surface area contributed by atoms with Crippen LogP contribution in [0.15, 0.2) is 6.07 Å². The van der Waals surface area contributed by atoms with E-state index in [0.717, 1.165) is 25.0 Å². The lowest BCUT2D eigenvalue weighted by atomic mass is 9.79. The van der Waals surface area contributed by atoms with Crippen LogP contribution < -0.4 is 10.1 Å². The van der Waals surface area contributed by atoms with Gasteiger partial charge in [0.1, 0.15) is 0 Å². The molecule has 2 rings (SSSR count). The summed E-state index contributed by atoms with van der Waals surface area (Å²) in [4.78, 5) is 8.64. The fourth-order valence-electron chi connectivity index (χ4n) is 2.88. The van der Waals surface area contributed by atoms with Gasteiger partial charge in [-0.2, -0.15) is 4.98 Å². The summed E-state index contributed by atoms with van der Waals surface area (Å²) in [6.07, 6.45) is 3.97. The molecule has 2 N–H and O–H groups in total. The van der Waals surface area contributed by atoms with Crippen molar-refractivity contribution in [2.45, 2.75) is 52.1 Å². The minimum Gasteiger partial charge on any atom is -0.478 e. The average Bonchev–Trinajstić information content (AvgIpc) is 2.36. The quantitative estimate of drug-likeness (QED) is 0.867. The van der Waals surface area contributed by atoms with Gasteiger partial charge < -0.3 is 15.2 Å². The van der Waals surface area contributed by atoms with E-state index in [4.69, 9.17) is 4.74 Å². The van der Waals surface area contributed by atoms with Gasteiger partial charge in [-0.25, -0.2) is 4.98 Å². The lowest BCUT2D eigenvalue weighted by Gasteiger charge is -2.35. The summed E-state index contributed by atoms with van der Waals surface area (Å²) in [5, 5.41) is 13.8. The van der Waals surface area contributed by atoms with Crippen molar-refractivity contribution in [3.8, 4) is 5.88 Å². The monoisotopic (exact) mass is 279 g/mol. The summed E-state index contributed by atoms with van der Waals surface area (Å²) in [5.74, 6) is 1.68. The maximum Gasteiger partial charge on any atom is 0.226 e. The van der Waals surface area contributed by atoms with Gasteiger partial charge in [0.05, 0.1) is 12.2 Å². The molecule has 112 valence electrons. The molecule has 1 aliphatic carbocycles. The molecular weight excluding hydrogens is 254 g/mol. The van der Waals surface area contributed by atoms with E-state index in [1.54, 1.807) is 0 Å². The average molecular weight is 279 g/mol. The normalized spacial score (nSPS) is 26.3. The smallest absolute Gasteiger partial charge is 0.226 e. The van der Waals surface area contributed by atoms with Gasteiger partial charge in [-0.15, -0.1) is 0 Å². The maximum absolute atomic E-state index is 10.6. The Morgan fingerprint density at radius 1 is 1.50 bits per heavy atom. The number of aliphatic hydroxyl groups is 1. The van der Waals surface area contributed by atoms with Crippen molar-refractivity contribution in [2.75, 3.05) is 18.5 Å². The maximum atomic E-state index is 10.6. The Morgan fingerprint density at radius 3 is 3.00 bits per heavy atom. The molecule has 1 aromatic heterocycles. The van der Waals surface area contributed by atoms with Crippen LogP contribution in [-0.4, -0.2) is 33.8 Å². The first-order valence-corrected chi connectivity index (χ1v) is 7.45. The number of hydrogen-bond donors (Lipinski definition) is 2. The van der Waals surface area contributed by atoms with Crippen molar-refractivity contribution in [1.29, 1.82) is 0 Å². The van der Waals surface area contributed by atoms with Crippen LogP contribution in [0.4, 0.5) is 5.95 Å². The second-order valence-corrected chi connectivity index (χ2v) is 5.88. The predicted molar refractivity (Wildman–Crippen MR) is 79.0 cm³/mol. The van der Waals surface area contributed by atoms with Crippen LogP contribution in [0.2, 0.25) is 0 Å². The molecule has 0 bridgehead atoms. The third kappa shape index (κ3) is 4.07. The summed E-state index contributed by atoms with van der Waals surface area (Å²) in [7, 11) is 0. The Bertz CT molecular complexity index is 453. The fourth-order valence-corrected chi connectivity index (χ4v) is 2.88. The van der Waals surface area contributed by atoms with Crippen molar-refractivity contribution >= 4 is 5.95 Å². The first kappa shape index (κ1) is 15.0. The molecule has 0 radical (unpaired) electrons. The first-order chi connectivity index (χ1) is 9.50. The molecule has 20 heavy (non-hydrogen) atoms. The number of hydrogen-bond acceptors (Lipinski definition) is 5. The Balaban J connectivity index is 1.99. The summed E-state index contributed by atoms with van der Waals surface area (Å²) in [6.45, 7) is 7.10. The summed E-state index contributed by atoms with van der Waals surface area (Å²) in [5.41, 5.74) is 0.214. The van der Waals surface area contributed by atoms with Crippen LogP contribution in [0.1, 0.15) is 45.2 Å². The number of aromatic nitrogens is 2. The van der Waals surface area contributed by atoms with Crippen molar-refractivity contribution < 1.29 is 9.84 Å². The highest BCUT2D eigenvalue weighted by Gasteiger charge is 2.32. The molecule has 5 heteroatoms. The second-order valence-electron chi connectivity index (χ2n) is 5.88. The molecule has 2 unspecified atom stereocenters. The van der Waals surface area contributed by atoms with Crippen LogP contribution >= 0.6 is 0 Å². The van der Waals surface area contributed by atoms with E-state index >= 15 is 0 Å². The Morgan fingerprint density at radius 2 is 2.30 bits per heavy atom. The zero-order chi connectivity index (χ0) is 14.6. The van der Waals surface area contributed by atoms with Crippen LogP contribution in [0, 0.1) is 12.8 Å². The van der Waals surface area contributed by atoms with Crippen LogP contribution in [-0.2, 0) is 0 Å². The number of nitrogens with zero attached hydrogens (tertiary/aromatic N) is 2. The van der Waals surface area contributed by atoms with Gasteiger partial charge in [-0.3, -0.25) is 0 Å². The number of aryl methyl sites for hydroxylation is 1. The van der Waals surface area contributed by atoms with Gasteiger partial charge >= 0.3 is 0 Å². The molecule has 1 fully saturated rings. The van der Waals surface area contributed by atoms with Crippen LogP contribution in [0.3, 0.4) is 0 Å². The third-order valence-corrected chi connectivity index (χ3v) is 3.77. The van der Waals surface area contributed by atoms with E-state index < -0.39 is 5.60 Å². The van der Waals surface area contributed by atoms with E-state index in [-0.39, 0.29) is 0 Å². The predicted octanol–water partition coefficient (Wildman–Crippen LogP) is 2.54. The lowest BCUT2D eigenvalue weighted by molar-refractivity contribution is -0.000912. The number of nitrogens with one attached hydrogen (secondary N) is 1. The molecule has 2 atom stereocenters. The van der Waals surface area contributed by atoms with Crippen molar-refractivity contribution in [3.63, 3.8) is 0 Å². The highest BCUT2D eigenvalue weighted by atomic mass is 16.5. The highest BCUT2D eigenvalue weighted by Crippen LogP contribution is 2.32. The molecule has 5 nitrogen and oxygen atoms in total. The van der Waals surface area contributed by atoms with Gasteiger partial charge in [-0.1, -0.05) is 19.8 Å². The van der Waals surface area contributed by atoms with Crippen molar-refractivity contribution in [3.05, 3.63) is 11.8 Å². The Hall–Kier alpha value is -1.36. The van der Waals surface area contributed by atoms with Gasteiger partial charge in [0.25, 0.3) is 0 Å². The molecule has 0 amide bonds. The standard InChI is InChI=1S/C15H25N3O2/c1-4-20-13-8-12(3)17-14(18-13)16-10-15(19)7-5-6-11(2)9-15/h8,11,19H,4-7,9-10H2,1-3H3,(H,16,17,18). The second kappa shape index (κ2) is 6.39. The molecule has 1 heterocycles. The summed E-state index contributed by atoms with van der Waals surface area (Å²) in [6, 6.07) is 1.81. The molecule has 1 aliphatic rings. The van der Waals surface area contributed by atoms with E-state index in [1.165, 1.54) is 6.42 Å². The summed E-state index contributed by atoms with van der Waals surface area (Å²) < 4.78 is 5.41.